The molecule has 4 aromatic rings. The number of carbonyl (C=O) groups excluding carboxylic acids is 2. The number of anilines is 1. The lowest BCUT2D eigenvalue weighted by Crippen LogP contribution is -2.35. The van der Waals surface area contributed by atoms with Crippen LogP contribution in [0.3, 0.4) is 0 Å². The molecule has 1 aliphatic rings. The third-order valence-corrected chi connectivity index (χ3v) is 7.19. The van der Waals surface area contributed by atoms with E-state index in [1.54, 1.807) is 4.90 Å². The first-order valence-corrected chi connectivity index (χ1v) is 12.7. The van der Waals surface area contributed by atoms with Crippen molar-refractivity contribution in [3.63, 3.8) is 0 Å². The van der Waals surface area contributed by atoms with Gasteiger partial charge in [0.05, 0.1) is 24.0 Å². The molecule has 1 heterocycles. The third kappa shape index (κ3) is 5.47. The molecular formula is C30H26N2O2S. The fraction of sp³-hybridized carbons (Fsp3) is 0.133. The Morgan fingerprint density at radius 2 is 1.46 bits per heavy atom. The van der Waals surface area contributed by atoms with Gasteiger partial charge in [-0.15, -0.1) is 11.8 Å². The second-order valence-electron chi connectivity index (χ2n) is 8.56. The highest BCUT2D eigenvalue weighted by Crippen LogP contribution is 2.37. The maximum atomic E-state index is 13.4. The Labute approximate surface area is 210 Å². The lowest BCUT2D eigenvalue weighted by Gasteiger charge is -2.29. The molecule has 1 N–H and O–H groups in total. The van der Waals surface area contributed by atoms with Gasteiger partial charge >= 0.3 is 0 Å². The smallest absolute Gasteiger partial charge is 0.251 e. The van der Waals surface area contributed by atoms with Crippen molar-refractivity contribution in [2.24, 2.45) is 0 Å². The summed E-state index contributed by atoms with van der Waals surface area (Å²) in [7, 11) is 0. The maximum Gasteiger partial charge on any atom is 0.251 e. The van der Waals surface area contributed by atoms with E-state index in [0.29, 0.717) is 24.3 Å². The number of thioether (sulfide) groups is 1. The quantitative estimate of drug-likeness (QED) is 0.352. The van der Waals surface area contributed by atoms with Crippen molar-refractivity contribution in [1.82, 2.24) is 5.32 Å². The summed E-state index contributed by atoms with van der Waals surface area (Å²) >= 11 is 1.52. The highest BCUT2D eigenvalue weighted by molar-refractivity contribution is 8.00. The van der Waals surface area contributed by atoms with Crippen molar-refractivity contribution >= 4 is 29.3 Å². The van der Waals surface area contributed by atoms with Crippen LogP contribution < -0.4 is 10.2 Å². The average Bonchev–Trinajstić information content (AvgIpc) is 2.91. The number of hydrogen-bond acceptors (Lipinski definition) is 3. The minimum Gasteiger partial charge on any atom is -0.345 e. The van der Waals surface area contributed by atoms with Crippen molar-refractivity contribution < 1.29 is 9.59 Å². The number of benzene rings is 4. The van der Waals surface area contributed by atoms with Crippen LogP contribution in [0.5, 0.6) is 0 Å². The lowest BCUT2D eigenvalue weighted by atomic mass is 9.98. The lowest BCUT2D eigenvalue weighted by molar-refractivity contribution is -0.116. The van der Waals surface area contributed by atoms with Crippen molar-refractivity contribution in [2.45, 2.75) is 23.9 Å². The van der Waals surface area contributed by atoms with Crippen LogP contribution in [0.2, 0.25) is 0 Å². The molecule has 174 valence electrons. The zero-order valence-electron chi connectivity index (χ0n) is 19.3. The van der Waals surface area contributed by atoms with Gasteiger partial charge in [-0.1, -0.05) is 91.0 Å². The van der Waals surface area contributed by atoms with Gasteiger partial charge in [0.15, 0.2) is 0 Å². The van der Waals surface area contributed by atoms with Crippen molar-refractivity contribution in [1.29, 1.82) is 0 Å². The summed E-state index contributed by atoms with van der Waals surface area (Å²) < 4.78 is 0. The molecular weight excluding hydrogens is 452 g/mol. The van der Waals surface area contributed by atoms with Crippen LogP contribution in [0.15, 0.2) is 114 Å². The first kappa shape index (κ1) is 22.9. The van der Waals surface area contributed by atoms with Gasteiger partial charge < -0.3 is 10.2 Å². The fourth-order valence-corrected chi connectivity index (χ4v) is 5.23. The molecule has 5 heteroatoms. The van der Waals surface area contributed by atoms with E-state index < -0.39 is 0 Å². The van der Waals surface area contributed by atoms with Crippen molar-refractivity contribution in [2.75, 3.05) is 10.7 Å². The molecule has 2 amide bonds. The topological polar surface area (TPSA) is 49.4 Å². The molecule has 0 bridgehead atoms. The summed E-state index contributed by atoms with van der Waals surface area (Å²) in [5.41, 5.74) is 4.61. The standard InChI is InChI=1S/C30H26N2O2S/c33-29-21-35-28-17-16-25(19-27(28)32(29)20-23-12-6-2-7-13-23)30(34)31-26(24-14-8-3-9-15-24)18-22-10-4-1-5-11-22/h1-17,19,26H,18,20-21H2,(H,31,34). The predicted molar refractivity (Wildman–Crippen MR) is 142 cm³/mol. The molecule has 0 aromatic heterocycles. The Balaban J connectivity index is 1.41. The highest BCUT2D eigenvalue weighted by atomic mass is 32.2. The van der Waals surface area contributed by atoms with E-state index in [1.165, 1.54) is 11.8 Å². The number of amides is 2. The summed E-state index contributed by atoms with van der Waals surface area (Å²) in [5, 5.41) is 3.23. The first-order chi connectivity index (χ1) is 17.2. The van der Waals surface area contributed by atoms with Gasteiger partial charge in [0, 0.05) is 10.5 Å². The SMILES string of the molecule is O=C(NC(Cc1ccccc1)c1ccccc1)c1ccc2c(c1)N(Cc1ccccc1)C(=O)CS2. The number of carbonyl (C=O) groups is 2. The molecule has 0 fully saturated rings. The summed E-state index contributed by atoms with van der Waals surface area (Å²) in [6, 6.07) is 35.6. The van der Waals surface area contributed by atoms with Crippen molar-refractivity contribution in [3.05, 3.63) is 131 Å². The zero-order chi connectivity index (χ0) is 24.0. The first-order valence-electron chi connectivity index (χ1n) is 11.7. The molecule has 0 saturated heterocycles. The second-order valence-corrected chi connectivity index (χ2v) is 9.58. The molecule has 4 nitrogen and oxygen atoms in total. The Morgan fingerprint density at radius 3 is 2.14 bits per heavy atom. The zero-order valence-corrected chi connectivity index (χ0v) is 20.1. The normalized spacial score (nSPS) is 13.7. The molecule has 4 aromatic carbocycles. The predicted octanol–water partition coefficient (Wildman–Crippen LogP) is 6.04. The summed E-state index contributed by atoms with van der Waals surface area (Å²) in [5.74, 6) is 0.300. The molecule has 35 heavy (non-hydrogen) atoms. The van der Waals surface area contributed by atoms with Crippen LogP contribution in [-0.2, 0) is 17.8 Å². The average molecular weight is 479 g/mol. The van der Waals surface area contributed by atoms with E-state index in [9.17, 15) is 9.59 Å². The maximum absolute atomic E-state index is 13.4. The summed E-state index contributed by atoms with van der Waals surface area (Å²) in [6.07, 6.45) is 0.690. The van der Waals surface area contributed by atoms with Gasteiger partial charge in [-0.05, 0) is 41.3 Å². The van der Waals surface area contributed by atoms with Gasteiger partial charge in [-0.2, -0.15) is 0 Å². The Bertz CT molecular complexity index is 1310. The monoisotopic (exact) mass is 478 g/mol. The minimum atomic E-state index is -0.168. The third-order valence-electron chi connectivity index (χ3n) is 6.14. The molecule has 1 atom stereocenters. The van der Waals surface area contributed by atoms with Crippen LogP contribution in [0, 0.1) is 0 Å². The van der Waals surface area contributed by atoms with E-state index in [-0.39, 0.29) is 17.9 Å². The molecule has 0 aliphatic carbocycles. The van der Waals surface area contributed by atoms with Gasteiger partial charge in [-0.3, -0.25) is 9.59 Å². The Kier molecular flexibility index (Phi) is 6.96. The number of hydrogen-bond donors (Lipinski definition) is 1. The summed E-state index contributed by atoms with van der Waals surface area (Å²) in [4.78, 5) is 29.0. The van der Waals surface area contributed by atoms with E-state index in [4.69, 9.17) is 0 Å². The molecule has 0 spiro atoms. The van der Waals surface area contributed by atoms with Crippen LogP contribution in [0.25, 0.3) is 0 Å². The Morgan fingerprint density at radius 1 is 0.829 bits per heavy atom. The molecule has 1 unspecified atom stereocenters. The second kappa shape index (κ2) is 10.6. The highest BCUT2D eigenvalue weighted by Gasteiger charge is 2.26. The molecule has 0 radical (unpaired) electrons. The Hall–Kier alpha value is -3.83. The number of nitrogens with zero attached hydrogens (tertiary/aromatic N) is 1. The fourth-order valence-electron chi connectivity index (χ4n) is 4.31. The number of rotatable bonds is 7. The van der Waals surface area contributed by atoms with E-state index in [1.807, 2.05) is 97.1 Å². The van der Waals surface area contributed by atoms with Gasteiger partial charge in [0.25, 0.3) is 5.91 Å². The van der Waals surface area contributed by atoms with Crippen molar-refractivity contribution in [3.8, 4) is 0 Å². The van der Waals surface area contributed by atoms with Gasteiger partial charge in [-0.25, -0.2) is 0 Å². The minimum absolute atomic E-state index is 0.0511. The molecule has 1 aliphatic heterocycles. The van der Waals surface area contributed by atoms with Crippen LogP contribution in [0.1, 0.15) is 33.1 Å². The number of nitrogens with one attached hydrogen (secondary N) is 1. The molecule has 5 rings (SSSR count). The molecule has 0 saturated carbocycles. The van der Waals surface area contributed by atoms with Crippen LogP contribution in [0.4, 0.5) is 5.69 Å². The van der Waals surface area contributed by atoms with Gasteiger partial charge in [0.1, 0.15) is 0 Å². The van der Waals surface area contributed by atoms with Crippen LogP contribution in [-0.4, -0.2) is 17.6 Å². The number of fused-ring (bicyclic) bond motifs is 1. The van der Waals surface area contributed by atoms with E-state index in [0.717, 1.165) is 27.3 Å². The largest absolute Gasteiger partial charge is 0.345 e. The van der Waals surface area contributed by atoms with E-state index in [2.05, 4.69) is 17.4 Å². The van der Waals surface area contributed by atoms with E-state index >= 15 is 0 Å². The van der Waals surface area contributed by atoms with Gasteiger partial charge in [0.2, 0.25) is 5.91 Å². The summed E-state index contributed by atoms with van der Waals surface area (Å²) in [6.45, 7) is 0.485. The van der Waals surface area contributed by atoms with Crippen LogP contribution >= 0.6 is 11.8 Å².